The third-order valence-electron chi connectivity index (χ3n) is 9.78. The summed E-state index contributed by atoms with van der Waals surface area (Å²) in [6.45, 7) is 0. The summed E-state index contributed by atoms with van der Waals surface area (Å²) in [5.41, 5.74) is 11.4. The van der Waals surface area contributed by atoms with Gasteiger partial charge in [-0.2, -0.15) is 10.5 Å². The standard InChI is InChI=1S/C44H24N4O/c45-25-27-17-20-40-34(23-27)31-11-3-7-15-38(31)47(40)36-13-5-1-9-29(36)30-10-2-6-14-37(30)48-39-16-8-4-12-33(39)43-41(48)21-19-32-35-24-28(26-46)18-22-42(35)49-44(32)43/h1-24H. The molecule has 10 aromatic rings. The molecule has 0 saturated heterocycles. The summed E-state index contributed by atoms with van der Waals surface area (Å²) < 4.78 is 11.2. The first-order valence-electron chi connectivity index (χ1n) is 16.1. The summed E-state index contributed by atoms with van der Waals surface area (Å²) in [5, 5.41) is 25.5. The first kappa shape index (κ1) is 27.1. The van der Waals surface area contributed by atoms with Crippen LogP contribution in [0.1, 0.15) is 11.1 Å². The zero-order valence-corrected chi connectivity index (χ0v) is 26.1. The summed E-state index contributed by atoms with van der Waals surface area (Å²) in [6, 6.07) is 54.4. The number of hydrogen-bond acceptors (Lipinski definition) is 3. The van der Waals surface area contributed by atoms with E-state index < -0.39 is 0 Å². The summed E-state index contributed by atoms with van der Waals surface area (Å²) in [7, 11) is 0. The second-order valence-corrected chi connectivity index (χ2v) is 12.3. The smallest absolute Gasteiger partial charge is 0.145 e. The third kappa shape index (κ3) is 3.79. The largest absolute Gasteiger partial charge is 0.455 e. The van der Waals surface area contributed by atoms with E-state index in [0.717, 1.165) is 88.1 Å². The molecule has 0 aliphatic heterocycles. The normalized spacial score (nSPS) is 11.6. The lowest BCUT2D eigenvalue weighted by atomic mass is 10.0. The van der Waals surface area contributed by atoms with Crippen molar-refractivity contribution in [3.8, 4) is 34.6 Å². The Labute approximate surface area is 280 Å². The van der Waals surface area contributed by atoms with E-state index in [1.54, 1.807) is 6.07 Å². The number of fused-ring (bicyclic) bond motifs is 10. The maximum absolute atomic E-state index is 9.70. The third-order valence-corrected chi connectivity index (χ3v) is 9.78. The van der Waals surface area contributed by atoms with Crippen molar-refractivity contribution in [3.63, 3.8) is 0 Å². The highest BCUT2D eigenvalue weighted by molar-refractivity contribution is 6.24. The van der Waals surface area contributed by atoms with Crippen molar-refractivity contribution in [2.45, 2.75) is 0 Å². The molecule has 0 amide bonds. The second-order valence-electron chi connectivity index (χ2n) is 12.3. The molecule has 7 aromatic carbocycles. The predicted octanol–water partition coefficient (Wildman–Crippen LogP) is 11.2. The number of benzene rings is 7. The van der Waals surface area contributed by atoms with Crippen LogP contribution in [0.5, 0.6) is 0 Å². The first-order valence-corrected chi connectivity index (χ1v) is 16.1. The quantitative estimate of drug-likeness (QED) is 0.196. The van der Waals surface area contributed by atoms with Crippen molar-refractivity contribution in [2.24, 2.45) is 0 Å². The first-order chi connectivity index (χ1) is 24.2. The fourth-order valence-corrected chi connectivity index (χ4v) is 7.71. The summed E-state index contributed by atoms with van der Waals surface area (Å²) in [6.07, 6.45) is 0. The van der Waals surface area contributed by atoms with Crippen molar-refractivity contribution in [3.05, 3.63) is 157 Å². The van der Waals surface area contributed by atoms with Crippen LogP contribution in [0.4, 0.5) is 0 Å². The van der Waals surface area contributed by atoms with E-state index in [-0.39, 0.29) is 0 Å². The lowest BCUT2D eigenvalue weighted by molar-refractivity contribution is 0.673. The van der Waals surface area contributed by atoms with Crippen LogP contribution >= 0.6 is 0 Å². The van der Waals surface area contributed by atoms with E-state index in [2.05, 4.69) is 137 Å². The monoisotopic (exact) mass is 624 g/mol. The Morgan fingerprint density at radius 1 is 0.429 bits per heavy atom. The molecule has 0 aliphatic rings. The summed E-state index contributed by atoms with van der Waals surface area (Å²) in [5.74, 6) is 0. The van der Waals surface area contributed by atoms with Gasteiger partial charge in [0.25, 0.3) is 0 Å². The van der Waals surface area contributed by atoms with Gasteiger partial charge < -0.3 is 13.6 Å². The van der Waals surface area contributed by atoms with Gasteiger partial charge in [0.15, 0.2) is 0 Å². The topological polar surface area (TPSA) is 70.6 Å². The molecule has 0 radical (unpaired) electrons. The summed E-state index contributed by atoms with van der Waals surface area (Å²) >= 11 is 0. The Balaban J connectivity index is 1.28. The average Bonchev–Trinajstić information content (AvgIpc) is 3.81. The van der Waals surface area contributed by atoms with Crippen LogP contribution in [-0.2, 0) is 0 Å². The van der Waals surface area contributed by atoms with Gasteiger partial charge in [0.2, 0.25) is 0 Å². The van der Waals surface area contributed by atoms with Crippen LogP contribution in [-0.4, -0.2) is 9.13 Å². The lowest BCUT2D eigenvalue weighted by Gasteiger charge is -2.18. The van der Waals surface area contributed by atoms with Crippen LogP contribution in [0.15, 0.2) is 150 Å². The van der Waals surface area contributed by atoms with Gasteiger partial charge >= 0.3 is 0 Å². The van der Waals surface area contributed by atoms with E-state index in [4.69, 9.17) is 4.42 Å². The number of nitrogens with zero attached hydrogens (tertiary/aromatic N) is 4. The van der Waals surface area contributed by atoms with Gasteiger partial charge in [-0.1, -0.05) is 72.8 Å². The summed E-state index contributed by atoms with van der Waals surface area (Å²) in [4.78, 5) is 0. The zero-order valence-electron chi connectivity index (χ0n) is 26.1. The fraction of sp³-hybridized carbons (Fsp3) is 0. The van der Waals surface area contributed by atoms with Crippen LogP contribution in [0.25, 0.3) is 88.1 Å². The van der Waals surface area contributed by atoms with Crippen LogP contribution in [0.3, 0.4) is 0 Å². The zero-order chi connectivity index (χ0) is 32.6. The molecule has 3 aromatic heterocycles. The molecule has 3 heterocycles. The SMILES string of the molecule is N#Cc1ccc2oc3c(ccc4c3c3ccccc3n4-c3ccccc3-c3ccccc3-n3c4ccccc4c4cc(C#N)ccc43)c2c1. The highest BCUT2D eigenvalue weighted by Crippen LogP contribution is 2.43. The molecule has 0 saturated carbocycles. The maximum Gasteiger partial charge on any atom is 0.145 e. The molecule has 0 spiro atoms. The molecule has 226 valence electrons. The molecule has 0 N–H and O–H groups in total. The number of furan rings is 1. The molecule has 0 atom stereocenters. The van der Waals surface area contributed by atoms with Gasteiger partial charge in [0.05, 0.1) is 62.1 Å². The molecule has 49 heavy (non-hydrogen) atoms. The van der Waals surface area contributed by atoms with Gasteiger partial charge in [0.1, 0.15) is 11.2 Å². The van der Waals surface area contributed by atoms with E-state index in [9.17, 15) is 10.5 Å². The average molecular weight is 625 g/mol. The predicted molar refractivity (Wildman–Crippen MR) is 197 cm³/mol. The number of nitriles is 2. The Morgan fingerprint density at radius 3 is 1.67 bits per heavy atom. The molecule has 5 heteroatoms. The molecule has 0 bridgehead atoms. The maximum atomic E-state index is 9.70. The van der Waals surface area contributed by atoms with Gasteiger partial charge in [-0.05, 0) is 72.8 Å². The minimum absolute atomic E-state index is 0.610. The lowest BCUT2D eigenvalue weighted by Crippen LogP contribution is -2.01. The van der Waals surface area contributed by atoms with E-state index in [1.165, 1.54) is 0 Å². The molecular formula is C44H24N4O. The van der Waals surface area contributed by atoms with Crippen molar-refractivity contribution < 1.29 is 4.42 Å². The van der Waals surface area contributed by atoms with Gasteiger partial charge in [0, 0.05) is 38.1 Å². The Bertz CT molecular complexity index is 3090. The van der Waals surface area contributed by atoms with Crippen molar-refractivity contribution in [1.82, 2.24) is 9.13 Å². The minimum Gasteiger partial charge on any atom is -0.455 e. The second kappa shape index (κ2) is 10.2. The van der Waals surface area contributed by atoms with Gasteiger partial charge in [-0.15, -0.1) is 0 Å². The minimum atomic E-state index is 0.610. The Kier molecular flexibility index (Phi) is 5.64. The molecule has 0 fully saturated rings. The number of aromatic nitrogens is 2. The Hall–Kier alpha value is -7.08. The van der Waals surface area contributed by atoms with Gasteiger partial charge in [-0.3, -0.25) is 0 Å². The van der Waals surface area contributed by atoms with Crippen LogP contribution in [0, 0.1) is 22.7 Å². The van der Waals surface area contributed by atoms with Crippen molar-refractivity contribution in [2.75, 3.05) is 0 Å². The fourth-order valence-electron chi connectivity index (χ4n) is 7.71. The highest BCUT2D eigenvalue weighted by Gasteiger charge is 2.22. The molecule has 0 unspecified atom stereocenters. The van der Waals surface area contributed by atoms with Crippen LogP contribution in [0.2, 0.25) is 0 Å². The van der Waals surface area contributed by atoms with E-state index in [1.807, 2.05) is 24.3 Å². The van der Waals surface area contributed by atoms with E-state index in [0.29, 0.717) is 11.1 Å². The van der Waals surface area contributed by atoms with E-state index >= 15 is 0 Å². The molecule has 10 rings (SSSR count). The van der Waals surface area contributed by atoms with Crippen molar-refractivity contribution in [1.29, 1.82) is 10.5 Å². The molecule has 0 aliphatic carbocycles. The molecular weight excluding hydrogens is 601 g/mol. The van der Waals surface area contributed by atoms with Crippen molar-refractivity contribution >= 4 is 65.6 Å². The highest BCUT2D eigenvalue weighted by atomic mass is 16.3. The Morgan fingerprint density at radius 2 is 0.959 bits per heavy atom. The van der Waals surface area contributed by atoms with Crippen LogP contribution < -0.4 is 0 Å². The number of rotatable bonds is 3. The number of hydrogen-bond donors (Lipinski definition) is 0. The van der Waals surface area contributed by atoms with Gasteiger partial charge in [-0.25, -0.2) is 0 Å². The number of para-hydroxylation sites is 4. The molecule has 5 nitrogen and oxygen atoms in total.